The molecule has 0 aliphatic heterocycles. The van der Waals surface area contributed by atoms with Gasteiger partial charge in [-0.3, -0.25) is 4.79 Å². The van der Waals surface area contributed by atoms with Crippen molar-refractivity contribution < 1.29 is 9.18 Å². The number of benzene rings is 2. The first-order valence-electron chi connectivity index (χ1n) is 6.76. The zero-order chi connectivity index (χ0) is 15.0. The summed E-state index contributed by atoms with van der Waals surface area (Å²) in [5.74, 6) is 0.171. The summed E-state index contributed by atoms with van der Waals surface area (Å²) in [4.78, 5) is 16.9. The first-order valence-corrected chi connectivity index (χ1v) is 6.76. The van der Waals surface area contributed by atoms with Crippen LogP contribution in [0.2, 0.25) is 0 Å². The van der Waals surface area contributed by atoms with Gasteiger partial charge < -0.3 is 4.57 Å². The molecule has 4 heteroatoms. The molecule has 3 aromatic rings. The number of hydrogen-bond donors (Lipinski definition) is 0. The van der Waals surface area contributed by atoms with Gasteiger partial charge in [-0.2, -0.15) is 0 Å². The third-order valence-electron chi connectivity index (χ3n) is 3.70. The number of carbonyl (C=O) groups is 1. The van der Waals surface area contributed by atoms with Crippen LogP contribution in [-0.2, 0) is 13.5 Å². The number of ketones is 1. The standard InChI is InChI=1S/C17H15FN2O/c1-11-7-8-12(18)9-13(11)16(21)10-17-19-14-5-3-4-6-15(14)20(17)2/h3-9H,10H2,1-2H3. The lowest BCUT2D eigenvalue weighted by Crippen LogP contribution is -2.10. The average Bonchev–Trinajstić information content (AvgIpc) is 2.78. The predicted octanol–water partition coefficient (Wildman–Crippen LogP) is 3.45. The third-order valence-corrected chi connectivity index (χ3v) is 3.70. The molecule has 0 spiro atoms. The summed E-state index contributed by atoms with van der Waals surface area (Å²) >= 11 is 0. The van der Waals surface area contributed by atoms with E-state index in [9.17, 15) is 9.18 Å². The number of aryl methyl sites for hydroxylation is 2. The number of para-hydroxylation sites is 2. The molecule has 0 unspecified atom stereocenters. The maximum atomic E-state index is 13.3. The van der Waals surface area contributed by atoms with E-state index in [0.29, 0.717) is 11.4 Å². The zero-order valence-corrected chi connectivity index (χ0v) is 11.9. The van der Waals surface area contributed by atoms with E-state index in [0.717, 1.165) is 16.6 Å². The third kappa shape index (κ3) is 2.44. The summed E-state index contributed by atoms with van der Waals surface area (Å²) in [6.45, 7) is 1.81. The van der Waals surface area contributed by atoms with Crippen LogP contribution in [0.25, 0.3) is 11.0 Å². The maximum absolute atomic E-state index is 13.3. The number of rotatable bonds is 3. The van der Waals surface area contributed by atoms with Crippen molar-refractivity contribution in [3.8, 4) is 0 Å². The molecular formula is C17H15FN2O. The van der Waals surface area contributed by atoms with E-state index in [1.165, 1.54) is 12.1 Å². The molecule has 0 atom stereocenters. The molecule has 0 aliphatic carbocycles. The van der Waals surface area contributed by atoms with Gasteiger partial charge in [0, 0.05) is 12.6 Å². The van der Waals surface area contributed by atoms with Crippen LogP contribution in [0.5, 0.6) is 0 Å². The van der Waals surface area contributed by atoms with Crippen molar-refractivity contribution in [3.05, 3.63) is 65.2 Å². The summed E-state index contributed by atoms with van der Waals surface area (Å²) in [5.41, 5.74) is 3.04. The van der Waals surface area contributed by atoms with Gasteiger partial charge in [0.15, 0.2) is 5.78 Å². The van der Waals surface area contributed by atoms with Crippen molar-refractivity contribution in [3.63, 3.8) is 0 Å². The Morgan fingerprint density at radius 3 is 2.76 bits per heavy atom. The van der Waals surface area contributed by atoms with Crippen LogP contribution in [0.1, 0.15) is 21.7 Å². The molecule has 0 radical (unpaired) electrons. The number of fused-ring (bicyclic) bond motifs is 1. The van der Waals surface area contributed by atoms with E-state index in [-0.39, 0.29) is 12.2 Å². The highest BCUT2D eigenvalue weighted by Gasteiger charge is 2.15. The molecular weight excluding hydrogens is 267 g/mol. The fourth-order valence-electron chi connectivity index (χ4n) is 2.49. The first-order chi connectivity index (χ1) is 10.1. The lowest BCUT2D eigenvalue weighted by Gasteiger charge is -2.05. The Bertz CT molecular complexity index is 836. The van der Waals surface area contributed by atoms with Gasteiger partial charge in [0.1, 0.15) is 11.6 Å². The Hall–Kier alpha value is -2.49. The molecule has 3 nitrogen and oxygen atoms in total. The van der Waals surface area contributed by atoms with Crippen molar-refractivity contribution in [2.75, 3.05) is 0 Å². The molecule has 0 aliphatic rings. The Balaban J connectivity index is 1.96. The molecule has 0 N–H and O–H groups in total. The second-order valence-corrected chi connectivity index (χ2v) is 5.13. The normalized spacial score (nSPS) is 11.0. The van der Waals surface area contributed by atoms with Crippen molar-refractivity contribution in [2.45, 2.75) is 13.3 Å². The molecule has 0 saturated carbocycles. The van der Waals surface area contributed by atoms with Crippen molar-refractivity contribution in [2.24, 2.45) is 7.05 Å². The summed E-state index contributed by atoms with van der Waals surface area (Å²) in [6.07, 6.45) is 0.162. The SMILES string of the molecule is Cc1ccc(F)cc1C(=O)Cc1nc2ccccc2n1C. The number of hydrogen-bond acceptors (Lipinski definition) is 2. The second-order valence-electron chi connectivity index (χ2n) is 5.13. The van der Waals surface area contributed by atoms with E-state index in [2.05, 4.69) is 4.98 Å². The quantitative estimate of drug-likeness (QED) is 0.690. The minimum Gasteiger partial charge on any atom is -0.331 e. The van der Waals surface area contributed by atoms with Gasteiger partial charge in [-0.15, -0.1) is 0 Å². The maximum Gasteiger partial charge on any atom is 0.170 e. The van der Waals surface area contributed by atoms with Gasteiger partial charge in [-0.1, -0.05) is 18.2 Å². The summed E-state index contributed by atoms with van der Waals surface area (Å²) < 4.78 is 15.2. The Labute approximate surface area is 122 Å². The van der Waals surface area contributed by atoms with Crippen LogP contribution in [0, 0.1) is 12.7 Å². The van der Waals surface area contributed by atoms with E-state index < -0.39 is 5.82 Å². The molecule has 0 bridgehead atoms. The highest BCUT2D eigenvalue weighted by molar-refractivity contribution is 5.98. The lowest BCUT2D eigenvalue weighted by atomic mass is 10.0. The van der Waals surface area contributed by atoms with Crippen LogP contribution in [0.4, 0.5) is 4.39 Å². The molecule has 1 heterocycles. The van der Waals surface area contributed by atoms with Crippen molar-refractivity contribution in [1.29, 1.82) is 0 Å². The molecule has 1 aromatic heterocycles. The number of nitrogens with zero attached hydrogens (tertiary/aromatic N) is 2. The van der Waals surface area contributed by atoms with E-state index >= 15 is 0 Å². The first kappa shape index (κ1) is 13.5. The molecule has 106 valence electrons. The predicted molar refractivity (Wildman–Crippen MR) is 79.9 cm³/mol. The van der Waals surface area contributed by atoms with Gasteiger partial charge in [0.2, 0.25) is 0 Å². The minimum atomic E-state index is -0.394. The molecule has 0 amide bonds. The number of carbonyl (C=O) groups excluding carboxylic acids is 1. The van der Waals surface area contributed by atoms with Crippen LogP contribution in [0.15, 0.2) is 42.5 Å². The fraction of sp³-hybridized carbons (Fsp3) is 0.176. The number of aromatic nitrogens is 2. The molecule has 0 fully saturated rings. The summed E-state index contributed by atoms with van der Waals surface area (Å²) in [5, 5.41) is 0. The van der Waals surface area contributed by atoms with Gasteiger partial charge >= 0.3 is 0 Å². The van der Waals surface area contributed by atoms with Crippen molar-refractivity contribution >= 4 is 16.8 Å². The number of Topliss-reactive ketones (excluding diaryl/α,β-unsaturated/α-hetero) is 1. The smallest absolute Gasteiger partial charge is 0.170 e. The lowest BCUT2D eigenvalue weighted by molar-refractivity contribution is 0.0989. The van der Waals surface area contributed by atoms with Gasteiger partial charge in [-0.05, 0) is 36.8 Å². The van der Waals surface area contributed by atoms with Crippen molar-refractivity contribution in [1.82, 2.24) is 9.55 Å². The largest absolute Gasteiger partial charge is 0.331 e. The van der Waals surface area contributed by atoms with E-state index in [4.69, 9.17) is 0 Å². The van der Waals surface area contributed by atoms with Crippen LogP contribution in [-0.4, -0.2) is 15.3 Å². The Morgan fingerprint density at radius 1 is 1.24 bits per heavy atom. The minimum absolute atomic E-state index is 0.120. The van der Waals surface area contributed by atoms with Crippen LogP contribution in [0.3, 0.4) is 0 Å². The summed E-state index contributed by atoms with van der Waals surface area (Å²) in [6, 6.07) is 12.0. The summed E-state index contributed by atoms with van der Waals surface area (Å²) in [7, 11) is 1.89. The number of halogens is 1. The van der Waals surface area contributed by atoms with Crippen LogP contribution >= 0.6 is 0 Å². The second kappa shape index (κ2) is 5.13. The molecule has 0 saturated heterocycles. The van der Waals surface area contributed by atoms with E-state index in [1.54, 1.807) is 6.07 Å². The molecule has 2 aromatic carbocycles. The monoisotopic (exact) mass is 282 g/mol. The Kier molecular flexibility index (Phi) is 3.29. The number of imidazole rings is 1. The van der Waals surface area contributed by atoms with Crippen LogP contribution < -0.4 is 0 Å². The van der Waals surface area contributed by atoms with Gasteiger partial charge in [0.05, 0.1) is 17.5 Å². The zero-order valence-electron chi connectivity index (χ0n) is 11.9. The van der Waals surface area contributed by atoms with Gasteiger partial charge in [-0.25, -0.2) is 9.37 Å². The topological polar surface area (TPSA) is 34.9 Å². The average molecular weight is 282 g/mol. The highest BCUT2D eigenvalue weighted by Crippen LogP contribution is 2.17. The highest BCUT2D eigenvalue weighted by atomic mass is 19.1. The fourth-order valence-corrected chi connectivity index (χ4v) is 2.49. The Morgan fingerprint density at radius 2 is 2.00 bits per heavy atom. The van der Waals surface area contributed by atoms with Gasteiger partial charge in [0.25, 0.3) is 0 Å². The molecule has 21 heavy (non-hydrogen) atoms. The van der Waals surface area contributed by atoms with E-state index in [1.807, 2.05) is 42.8 Å². The molecule has 3 rings (SSSR count).